The van der Waals surface area contributed by atoms with Crippen molar-refractivity contribution < 1.29 is 14.3 Å². The van der Waals surface area contributed by atoms with Gasteiger partial charge < -0.3 is 14.8 Å². The molecule has 0 aliphatic heterocycles. The fourth-order valence-corrected chi connectivity index (χ4v) is 4.52. The van der Waals surface area contributed by atoms with Gasteiger partial charge in [-0.05, 0) is 30.2 Å². The SMILES string of the molecule is COc1ccc(CCNC(=O)c2cc3c(nc4sccn43)s2)cc1OC. The lowest BCUT2D eigenvalue weighted by atomic mass is 10.1. The molecule has 1 aromatic carbocycles. The Kier molecular flexibility index (Phi) is 4.52. The first-order chi connectivity index (χ1) is 12.7. The van der Waals surface area contributed by atoms with E-state index in [1.54, 1.807) is 25.6 Å². The molecular weight excluding hydrogens is 370 g/mol. The van der Waals surface area contributed by atoms with Crippen LogP contribution in [0.1, 0.15) is 15.2 Å². The summed E-state index contributed by atoms with van der Waals surface area (Å²) in [6.45, 7) is 0.546. The van der Waals surface area contributed by atoms with Crippen molar-refractivity contribution in [2.45, 2.75) is 6.42 Å². The first kappa shape index (κ1) is 16.9. The number of nitrogens with one attached hydrogen (secondary N) is 1. The number of fused-ring (bicyclic) bond motifs is 3. The van der Waals surface area contributed by atoms with Crippen LogP contribution in [-0.4, -0.2) is 36.1 Å². The van der Waals surface area contributed by atoms with E-state index in [1.165, 1.54) is 11.3 Å². The second-order valence-electron chi connectivity index (χ2n) is 5.66. The first-order valence-electron chi connectivity index (χ1n) is 8.04. The van der Waals surface area contributed by atoms with Crippen molar-refractivity contribution >= 4 is 43.9 Å². The lowest BCUT2D eigenvalue weighted by Crippen LogP contribution is -2.24. The van der Waals surface area contributed by atoms with E-state index >= 15 is 0 Å². The quantitative estimate of drug-likeness (QED) is 0.549. The van der Waals surface area contributed by atoms with E-state index in [0.717, 1.165) is 20.9 Å². The Balaban J connectivity index is 1.41. The van der Waals surface area contributed by atoms with Gasteiger partial charge in [0.1, 0.15) is 4.83 Å². The third-order valence-corrected chi connectivity index (χ3v) is 5.88. The molecule has 0 fully saturated rings. The number of carbonyl (C=O) groups is 1. The number of ether oxygens (including phenoxy) is 2. The summed E-state index contributed by atoms with van der Waals surface area (Å²) < 4.78 is 12.6. The second-order valence-corrected chi connectivity index (χ2v) is 7.57. The van der Waals surface area contributed by atoms with Gasteiger partial charge in [0.05, 0.1) is 24.6 Å². The Morgan fingerprint density at radius 3 is 2.88 bits per heavy atom. The predicted octanol–water partition coefficient (Wildman–Crippen LogP) is 3.60. The third kappa shape index (κ3) is 3.02. The Morgan fingerprint density at radius 2 is 2.08 bits per heavy atom. The Labute approximate surface area is 158 Å². The summed E-state index contributed by atoms with van der Waals surface area (Å²) in [6.07, 6.45) is 2.69. The second kappa shape index (κ2) is 6.97. The Hall–Kier alpha value is -2.58. The summed E-state index contributed by atoms with van der Waals surface area (Å²) in [7, 11) is 3.22. The molecule has 3 heterocycles. The van der Waals surface area contributed by atoms with E-state index in [4.69, 9.17) is 9.47 Å². The normalized spacial score (nSPS) is 11.2. The van der Waals surface area contributed by atoms with E-state index < -0.39 is 0 Å². The van der Waals surface area contributed by atoms with Crippen LogP contribution in [0.4, 0.5) is 0 Å². The number of benzene rings is 1. The molecule has 134 valence electrons. The van der Waals surface area contributed by atoms with Crippen molar-refractivity contribution in [3.8, 4) is 11.5 Å². The first-order valence-corrected chi connectivity index (χ1v) is 9.73. The minimum absolute atomic E-state index is 0.0718. The molecule has 0 aliphatic rings. The van der Waals surface area contributed by atoms with Gasteiger partial charge in [-0.15, -0.1) is 22.7 Å². The number of thiophene rings is 1. The summed E-state index contributed by atoms with van der Waals surface area (Å²) in [4.78, 5) is 19.5. The zero-order valence-corrected chi connectivity index (χ0v) is 15.9. The summed E-state index contributed by atoms with van der Waals surface area (Å²) in [5, 5.41) is 4.96. The maximum atomic E-state index is 12.4. The van der Waals surface area contributed by atoms with Crippen LogP contribution in [0.3, 0.4) is 0 Å². The van der Waals surface area contributed by atoms with Crippen LogP contribution in [0.15, 0.2) is 35.8 Å². The van der Waals surface area contributed by atoms with Crippen LogP contribution >= 0.6 is 22.7 Å². The minimum Gasteiger partial charge on any atom is -0.493 e. The summed E-state index contributed by atoms with van der Waals surface area (Å²) in [5.41, 5.74) is 2.06. The van der Waals surface area contributed by atoms with E-state index in [2.05, 4.69) is 10.3 Å². The van der Waals surface area contributed by atoms with Gasteiger partial charge in [0.25, 0.3) is 5.91 Å². The molecule has 1 amide bonds. The number of rotatable bonds is 6. The van der Waals surface area contributed by atoms with E-state index in [-0.39, 0.29) is 5.91 Å². The number of hydrogen-bond acceptors (Lipinski definition) is 6. The molecule has 1 N–H and O–H groups in total. The number of amides is 1. The number of nitrogens with zero attached hydrogens (tertiary/aromatic N) is 2. The number of thiazole rings is 1. The Bertz CT molecular complexity index is 1080. The maximum Gasteiger partial charge on any atom is 0.261 e. The van der Waals surface area contributed by atoms with Crippen molar-refractivity contribution in [1.82, 2.24) is 14.7 Å². The number of methoxy groups -OCH3 is 2. The lowest BCUT2D eigenvalue weighted by Gasteiger charge is -2.10. The van der Waals surface area contributed by atoms with Crippen molar-refractivity contribution in [2.75, 3.05) is 20.8 Å². The molecule has 6 nitrogen and oxygen atoms in total. The van der Waals surface area contributed by atoms with Gasteiger partial charge in [-0.3, -0.25) is 9.20 Å². The fraction of sp³-hybridized carbons (Fsp3) is 0.222. The van der Waals surface area contributed by atoms with Gasteiger partial charge >= 0.3 is 0 Å². The zero-order valence-electron chi connectivity index (χ0n) is 14.3. The average Bonchev–Trinajstić information content (AvgIpc) is 3.33. The Morgan fingerprint density at radius 1 is 1.23 bits per heavy atom. The highest BCUT2D eigenvalue weighted by atomic mass is 32.1. The van der Waals surface area contributed by atoms with Gasteiger partial charge in [-0.2, -0.15) is 0 Å². The molecule has 3 aromatic heterocycles. The highest BCUT2D eigenvalue weighted by Gasteiger charge is 2.14. The van der Waals surface area contributed by atoms with E-state index in [9.17, 15) is 4.79 Å². The molecule has 0 saturated carbocycles. The summed E-state index contributed by atoms with van der Waals surface area (Å²) >= 11 is 3.01. The number of carbonyl (C=O) groups excluding carboxylic acids is 1. The average molecular weight is 387 g/mol. The molecule has 0 aliphatic carbocycles. The molecule has 0 atom stereocenters. The number of imidazole rings is 1. The van der Waals surface area contributed by atoms with Crippen LogP contribution in [0.25, 0.3) is 15.3 Å². The van der Waals surface area contributed by atoms with E-state index in [1.807, 2.05) is 40.2 Å². The molecular formula is C18H17N3O3S2. The van der Waals surface area contributed by atoms with Crippen LogP contribution < -0.4 is 14.8 Å². The molecule has 4 aromatic rings. The molecule has 4 rings (SSSR count). The van der Waals surface area contributed by atoms with Crippen molar-refractivity contribution in [2.24, 2.45) is 0 Å². The van der Waals surface area contributed by atoms with E-state index in [0.29, 0.717) is 29.3 Å². The van der Waals surface area contributed by atoms with Crippen LogP contribution in [0.5, 0.6) is 11.5 Å². The van der Waals surface area contributed by atoms with Crippen LogP contribution in [-0.2, 0) is 6.42 Å². The van der Waals surface area contributed by atoms with Gasteiger partial charge in [0.15, 0.2) is 16.5 Å². The highest BCUT2D eigenvalue weighted by Crippen LogP contribution is 2.29. The zero-order chi connectivity index (χ0) is 18.1. The largest absolute Gasteiger partial charge is 0.493 e. The highest BCUT2D eigenvalue weighted by molar-refractivity contribution is 7.21. The van der Waals surface area contributed by atoms with Gasteiger partial charge in [0, 0.05) is 18.1 Å². The van der Waals surface area contributed by atoms with Crippen molar-refractivity contribution in [3.63, 3.8) is 0 Å². The molecule has 26 heavy (non-hydrogen) atoms. The molecule has 0 unspecified atom stereocenters. The van der Waals surface area contributed by atoms with Gasteiger partial charge in [0.2, 0.25) is 0 Å². The monoisotopic (exact) mass is 387 g/mol. The smallest absolute Gasteiger partial charge is 0.261 e. The third-order valence-electron chi connectivity index (χ3n) is 4.11. The molecule has 0 radical (unpaired) electrons. The standard InChI is InChI=1S/C18H17N3O3S2/c1-23-13-4-3-11(9-14(13)24-2)5-6-19-16(22)15-10-12-17(26-15)20-18-21(12)7-8-25-18/h3-4,7-10H,5-6H2,1-2H3,(H,19,22). The number of hydrogen-bond donors (Lipinski definition) is 1. The number of aromatic nitrogens is 2. The van der Waals surface area contributed by atoms with Crippen molar-refractivity contribution in [3.05, 3.63) is 46.3 Å². The van der Waals surface area contributed by atoms with Crippen molar-refractivity contribution in [1.29, 1.82) is 0 Å². The van der Waals surface area contributed by atoms with Crippen LogP contribution in [0.2, 0.25) is 0 Å². The van der Waals surface area contributed by atoms with Crippen LogP contribution in [0, 0.1) is 0 Å². The molecule has 8 heteroatoms. The predicted molar refractivity (Wildman–Crippen MR) is 104 cm³/mol. The molecule has 0 spiro atoms. The minimum atomic E-state index is -0.0718. The van der Waals surface area contributed by atoms with Gasteiger partial charge in [-0.25, -0.2) is 4.98 Å². The maximum absolute atomic E-state index is 12.4. The lowest BCUT2D eigenvalue weighted by molar-refractivity contribution is 0.0958. The fourth-order valence-electron chi connectivity index (χ4n) is 2.80. The molecule has 0 bridgehead atoms. The summed E-state index contributed by atoms with van der Waals surface area (Å²) in [5.74, 6) is 1.32. The van der Waals surface area contributed by atoms with Gasteiger partial charge in [-0.1, -0.05) is 6.07 Å². The topological polar surface area (TPSA) is 64.9 Å². The molecule has 0 saturated heterocycles. The summed E-state index contributed by atoms with van der Waals surface area (Å²) in [6, 6.07) is 7.68.